The van der Waals surface area contributed by atoms with Gasteiger partial charge in [-0.15, -0.1) is 0 Å². The van der Waals surface area contributed by atoms with Gasteiger partial charge in [0.2, 0.25) is 0 Å². The second-order valence-corrected chi connectivity index (χ2v) is 4.25. The van der Waals surface area contributed by atoms with Crippen molar-refractivity contribution < 1.29 is 9.53 Å². The Hall–Kier alpha value is -2.60. The molecule has 3 heteroatoms. The van der Waals surface area contributed by atoms with Crippen LogP contribution in [0.5, 0.6) is 0 Å². The summed E-state index contributed by atoms with van der Waals surface area (Å²) >= 11 is 0. The van der Waals surface area contributed by atoms with Crippen molar-refractivity contribution in [2.75, 3.05) is 0 Å². The van der Waals surface area contributed by atoms with Gasteiger partial charge in [-0.2, -0.15) is 5.26 Å². The fourth-order valence-electron chi connectivity index (χ4n) is 1.71. The SMILES string of the molecule is Cc1cccc(COC(=O)c2ccc(C#N)cc2)c1. The highest BCUT2D eigenvalue weighted by molar-refractivity contribution is 5.89. The van der Waals surface area contributed by atoms with Crippen molar-refractivity contribution in [3.8, 4) is 6.07 Å². The van der Waals surface area contributed by atoms with Crippen LogP contribution in [0.15, 0.2) is 48.5 Å². The molecule has 0 aromatic heterocycles. The van der Waals surface area contributed by atoms with Crippen molar-refractivity contribution in [1.82, 2.24) is 0 Å². The highest BCUT2D eigenvalue weighted by Crippen LogP contribution is 2.09. The number of ether oxygens (including phenoxy) is 1. The lowest BCUT2D eigenvalue weighted by Gasteiger charge is -2.05. The molecule has 0 saturated heterocycles. The molecule has 0 atom stereocenters. The highest BCUT2D eigenvalue weighted by Gasteiger charge is 2.07. The third-order valence-electron chi connectivity index (χ3n) is 2.70. The summed E-state index contributed by atoms with van der Waals surface area (Å²) in [6.07, 6.45) is 0. The summed E-state index contributed by atoms with van der Waals surface area (Å²) in [5, 5.41) is 8.68. The average Bonchev–Trinajstić information content (AvgIpc) is 2.45. The van der Waals surface area contributed by atoms with E-state index in [4.69, 9.17) is 10.00 Å². The zero-order valence-electron chi connectivity index (χ0n) is 10.6. The molecule has 0 saturated carbocycles. The zero-order valence-corrected chi connectivity index (χ0v) is 10.6. The molecule has 0 aliphatic carbocycles. The molecule has 2 aromatic carbocycles. The largest absolute Gasteiger partial charge is 0.457 e. The maximum atomic E-state index is 11.8. The first-order valence-electron chi connectivity index (χ1n) is 5.92. The number of aryl methyl sites for hydroxylation is 1. The molecule has 0 heterocycles. The zero-order chi connectivity index (χ0) is 13.7. The van der Waals surface area contributed by atoms with Crippen molar-refractivity contribution in [1.29, 1.82) is 5.26 Å². The van der Waals surface area contributed by atoms with E-state index >= 15 is 0 Å². The Morgan fingerprint density at radius 1 is 1.21 bits per heavy atom. The van der Waals surface area contributed by atoms with E-state index in [2.05, 4.69) is 0 Å². The molecule has 0 aliphatic rings. The molecule has 19 heavy (non-hydrogen) atoms. The highest BCUT2D eigenvalue weighted by atomic mass is 16.5. The molecule has 0 aliphatic heterocycles. The fourth-order valence-corrected chi connectivity index (χ4v) is 1.71. The monoisotopic (exact) mass is 251 g/mol. The van der Waals surface area contributed by atoms with E-state index < -0.39 is 0 Å². The van der Waals surface area contributed by atoms with Gasteiger partial charge in [-0.05, 0) is 36.8 Å². The quantitative estimate of drug-likeness (QED) is 0.787. The standard InChI is InChI=1S/C16H13NO2/c1-12-3-2-4-14(9-12)11-19-16(18)15-7-5-13(10-17)6-8-15/h2-9H,11H2,1H3. The van der Waals surface area contributed by atoms with Crippen LogP contribution in [0.4, 0.5) is 0 Å². The predicted molar refractivity (Wildman–Crippen MR) is 71.5 cm³/mol. The van der Waals surface area contributed by atoms with Gasteiger partial charge in [0.1, 0.15) is 6.61 Å². The third-order valence-corrected chi connectivity index (χ3v) is 2.70. The van der Waals surface area contributed by atoms with Crippen LogP contribution >= 0.6 is 0 Å². The first-order chi connectivity index (χ1) is 9.19. The van der Waals surface area contributed by atoms with Gasteiger partial charge in [-0.25, -0.2) is 4.79 Å². The minimum atomic E-state index is -0.383. The van der Waals surface area contributed by atoms with Gasteiger partial charge in [-0.3, -0.25) is 0 Å². The Bertz CT molecular complexity index is 624. The van der Waals surface area contributed by atoms with Crippen molar-refractivity contribution >= 4 is 5.97 Å². The van der Waals surface area contributed by atoms with Gasteiger partial charge >= 0.3 is 5.97 Å². The minimum Gasteiger partial charge on any atom is -0.457 e. The Balaban J connectivity index is 1.99. The summed E-state index contributed by atoms with van der Waals surface area (Å²) in [6.45, 7) is 2.24. The van der Waals surface area contributed by atoms with Gasteiger partial charge in [0.15, 0.2) is 0 Å². The molecule has 0 bridgehead atoms. The number of esters is 1. The number of carbonyl (C=O) groups excluding carboxylic acids is 1. The van der Waals surface area contributed by atoms with Crippen LogP contribution in [0, 0.1) is 18.3 Å². The molecule has 2 aromatic rings. The maximum absolute atomic E-state index is 11.8. The van der Waals surface area contributed by atoms with Crippen LogP contribution in [0.3, 0.4) is 0 Å². The molecule has 3 nitrogen and oxygen atoms in total. The summed E-state index contributed by atoms with van der Waals surface area (Å²) in [5.41, 5.74) is 3.07. The molecule has 0 fully saturated rings. The van der Waals surface area contributed by atoms with Crippen LogP contribution in [0.1, 0.15) is 27.0 Å². The Morgan fingerprint density at radius 3 is 2.58 bits per heavy atom. The van der Waals surface area contributed by atoms with Crippen LogP contribution in [0.2, 0.25) is 0 Å². The number of carbonyl (C=O) groups is 1. The van der Waals surface area contributed by atoms with E-state index in [1.54, 1.807) is 24.3 Å². The van der Waals surface area contributed by atoms with E-state index in [-0.39, 0.29) is 12.6 Å². The number of hydrogen-bond acceptors (Lipinski definition) is 3. The van der Waals surface area contributed by atoms with Crippen LogP contribution in [-0.2, 0) is 11.3 Å². The Labute approximate surface area is 112 Å². The lowest BCUT2D eigenvalue weighted by Crippen LogP contribution is -2.05. The van der Waals surface area contributed by atoms with Crippen LogP contribution in [0.25, 0.3) is 0 Å². The molecule has 0 radical (unpaired) electrons. The molecule has 2 rings (SSSR count). The minimum absolute atomic E-state index is 0.251. The van der Waals surface area contributed by atoms with Crippen LogP contribution in [-0.4, -0.2) is 5.97 Å². The first-order valence-corrected chi connectivity index (χ1v) is 5.92. The van der Waals surface area contributed by atoms with Gasteiger partial charge in [0.05, 0.1) is 17.2 Å². The van der Waals surface area contributed by atoms with E-state index in [1.165, 1.54) is 0 Å². The average molecular weight is 251 g/mol. The van der Waals surface area contributed by atoms with Gasteiger partial charge in [0, 0.05) is 0 Å². The third kappa shape index (κ3) is 3.43. The molecule has 0 spiro atoms. The molecule has 0 N–H and O–H groups in total. The normalized spacial score (nSPS) is 9.68. The van der Waals surface area contributed by atoms with Crippen molar-refractivity contribution in [3.63, 3.8) is 0 Å². The smallest absolute Gasteiger partial charge is 0.338 e. The topological polar surface area (TPSA) is 50.1 Å². The van der Waals surface area contributed by atoms with Crippen molar-refractivity contribution in [2.24, 2.45) is 0 Å². The number of hydrogen-bond donors (Lipinski definition) is 0. The summed E-state index contributed by atoms with van der Waals surface area (Å²) in [6, 6.07) is 16.2. The van der Waals surface area contributed by atoms with Gasteiger partial charge < -0.3 is 4.74 Å². The predicted octanol–water partition coefficient (Wildman–Crippen LogP) is 3.22. The molecule has 0 unspecified atom stereocenters. The summed E-state index contributed by atoms with van der Waals surface area (Å²) in [4.78, 5) is 11.8. The second-order valence-electron chi connectivity index (χ2n) is 4.25. The summed E-state index contributed by atoms with van der Waals surface area (Å²) < 4.78 is 5.22. The number of nitriles is 1. The van der Waals surface area contributed by atoms with E-state index in [9.17, 15) is 4.79 Å². The number of benzene rings is 2. The fraction of sp³-hybridized carbons (Fsp3) is 0.125. The van der Waals surface area contributed by atoms with E-state index in [0.29, 0.717) is 11.1 Å². The lowest BCUT2D eigenvalue weighted by molar-refractivity contribution is 0.0472. The maximum Gasteiger partial charge on any atom is 0.338 e. The molecular formula is C16H13NO2. The number of rotatable bonds is 3. The molecular weight excluding hydrogens is 238 g/mol. The second kappa shape index (κ2) is 5.83. The summed E-state index contributed by atoms with van der Waals surface area (Å²) in [7, 11) is 0. The Kier molecular flexibility index (Phi) is 3.94. The van der Waals surface area contributed by atoms with Gasteiger partial charge in [-0.1, -0.05) is 29.8 Å². The van der Waals surface area contributed by atoms with Crippen LogP contribution < -0.4 is 0 Å². The van der Waals surface area contributed by atoms with E-state index in [0.717, 1.165) is 11.1 Å². The van der Waals surface area contributed by atoms with Crippen molar-refractivity contribution in [2.45, 2.75) is 13.5 Å². The van der Waals surface area contributed by atoms with E-state index in [1.807, 2.05) is 37.3 Å². The first kappa shape index (κ1) is 12.8. The summed E-state index contributed by atoms with van der Waals surface area (Å²) in [5.74, 6) is -0.383. The lowest BCUT2D eigenvalue weighted by atomic mass is 10.1. The molecule has 94 valence electrons. The Morgan fingerprint density at radius 2 is 1.95 bits per heavy atom. The number of nitrogens with zero attached hydrogens (tertiary/aromatic N) is 1. The van der Waals surface area contributed by atoms with Crippen molar-refractivity contribution in [3.05, 3.63) is 70.8 Å². The van der Waals surface area contributed by atoms with Gasteiger partial charge in [0.25, 0.3) is 0 Å². The molecule has 0 amide bonds.